The highest BCUT2D eigenvalue weighted by atomic mass is 31.2. The lowest BCUT2D eigenvalue weighted by atomic mass is 10.1. The number of rotatable bonds is 7. The third-order valence-corrected chi connectivity index (χ3v) is 5.13. The summed E-state index contributed by atoms with van der Waals surface area (Å²) in [6.45, 7) is 0.355. The molecule has 0 bridgehead atoms. The van der Waals surface area contributed by atoms with E-state index in [1.54, 1.807) is 0 Å². The molecule has 0 aliphatic heterocycles. The molecule has 0 rings (SSSR count). The van der Waals surface area contributed by atoms with Gasteiger partial charge in [-0.25, -0.2) is 0 Å². The van der Waals surface area contributed by atoms with Crippen molar-refractivity contribution in [1.82, 2.24) is 0 Å². The molecule has 0 saturated carbocycles. The van der Waals surface area contributed by atoms with Gasteiger partial charge in [0.1, 0.15) is 0 Å². The Balaban J connectivity index is 4.11. The van der Waals surface area contributed by atoms with Gasteiger partial charge in [-0.15, -0.1) is 0 Å². The predicted molar refractivity (Wildman–Crippen MR) is 55.0 cm³/mol. The second kappa shape index (κ2) is 5.71. The molecular weight excluding hydrogens is 262 g/mol. The van der Waals surface area contributed by atoms with Gasteiger partial charge in [-0.2, -0.15) is 0 Å². The Hall–Kier alpha value is 0.220. The maximum atomic E-state index is 11.1. The zero-order valence-corrected chi connectivity index (χ0v) is 10.5. The maximum absolute atomic E-state index is 11.1. The van der Waals surface area contributed by atoms with Crippen LogP contribution in [0.3, 0.4) is 0 Å². The van der Waals surface area contributed by atoms with Crippen LogP contribution in [-0.2, 0) is 13.7 Å². The third kappa shape index (κ3) is 8.38. The fourth-order valence-electron chi connectivity index (χ4n) is 0.761. The average Bonchev–Trinajstić information content (AvgIpc) is 1.98. The van der Waals surface area contributed by atoms with Crippen LogP contribution in [0.5, 0.6) is 0 Å². The molecular formula is C6H16O8P2. The molecule has 0 aromatic rings. The van der Waals surface area contributed by atoms with Crippen LogP contribution in [0.1, 0.15) is 13.3 Å². The molecule has 0 aliphatic carbocycles. The second-order valence-corrected chi connectivity index (χ2v) is 7.68. The molecule has 0 aromatic carbocycles. The van der Waals surface area contributed by atoms with Gasteiger partial charge in [0.15, 0.2) is 5.90 Å². The summed E-state index contributed by atoms with van der Waals surface area (Å²) in [4.78, 5) is 26.0. The monoisotopic (exact) mass is 278 g/mol. The summed E-state index contributed by atoms with van der Waals surface area (Å²) in [5, 5.41) is 17.9. The van der Waals surface area contributed by atoms with E-state index in [4.69, 9.17) is 19.8 Å². The Morgan fingerprint density at radius 1 is 1.25 bits per heavy atom. The fourth-order valence-corrected chi connectivity index (χ4v) is 3.33. The molecule has 0 spiro atoms. The minimum Gasteiger partial charge on any atom is -0.393 e. The lowest BCUT2D eigenvalue weighted by molar-refractivity contribution is -0.0145. The van der Waals surface area contributed by atoms with Crippen molar-refractivity contribution in [2.24, 2.45) is 0 Å². The van der Waals surface area contributed by atoms with Crippen molar-refractivity contribution in [3.8, 4) is 0 Å². The third-order valence-electron chi connectivity index (χ3n) is 1.64. The van der Waals surface area contributed by atoms with Gasteiger partial charge < -0.3 is 29.4 Å². The number of aliphatic hydroxyl groups is 2. The fraction of sp³-hybridized carbons (Fsp3) is 1.00. The summed E-state index contributed by atoms with van der Waals surface area (Å²) in [5.41, 5.74) is -1.46. The SMILES string of the molecule is CC(O)(CO)CCOP(=O)(O)CP(=O)(O)O. The first-order valence-electron chi connectivity index (χ1n) is 4.32. The van der Waals surface area contributed by atoms with E-state index in [0.717, 1.165) is 0 Å². The van der Waals surface area contributed by atoms with E-state index >= 15 is 0 Å². The maximum Gasteiger partial charge on any atom is 0.340 e. The molecule has 0 saturated heterocycles. The van der Waals surface area contributed by atoms with Crippen LogP contribution in [0.15, 0.2) is 0 Å². The van der Waals surface area contributed by atoms with Crippen LogP contribution in [0.25, 0.3) is 0 Å². The molecule has 16 heavy (non-hydrogen) atoms. The molecule has 0 amide bonds. The van der Waals surface area contributed by atoms with Crippen molar-refractivity contribution in [3.05, 3.63) is 0 Å². The van der Waals surface area contributed by atoms with E-state index in [9.17, 15) is 14.2 Å². The van der Waals surface area contributed by atoms with Crippen LogP contribution >= 0.6 is 15.2 Å². The molecule has 2 atom stereocenters. The van der Waals surface area contributed by atoms with Crippen molar-refractivity contribution >= 4 is 15.2 Å². The van der Waals surface area contributed by atoms with Crippen molar-refractivity contribution < 1.29 is 38.5 Å². The second-order valence-electron chi connectivity index (χ2n) is 3.68. The van der Waals surface area contributed by atoms with E-state index in [2.05, 4.69) is 4.52 Å². The van der Waals surface area contributed by atoms with Gasteiger partial charge in [0.2, 0.25) is 0 Å². The smallest absolute Gasteiger partial charge is 0.340 e. The van der Waals surface area contributed by atoms with Crippen LogP contribution in [0.2, 0.25) is 0 Å². The Morgan fingerprint density at radius 2 is 1.75 bits per heavy atom. The summed E-state index contributed by atoms with van der Waals surface area (Å²) in [5.74, 6) is -1.26. The minimum atomic E-state index is -4.63. The highest BCUT2D eigenvalue weighted by Gasteiger charge is 2.31. The van der Waals surface area contributed by atoms with Crippen LogP contribution in [0, 0.1) is 0 Å². The van der Waals surface area contributed by atoms with Gasteiger partial charge in [0.05, 0.1) is 18.8 Å². The van der Waals surface area contributed by atoms with Crippen LogP contribution < -0.4 is 0 Å². The summed E-state index contributed by atoms with van der Waals surface area (Å²) in [6, 6.07) is 0. The Labute approximate surface area is 92.6 Å². The highest BCUT2D eigenvalue weighted by molar-refractivity contribution is 7.70. The van der Waals surface area contributed by atoms with Gasteiger partial charge in [-0.1, -0.05) is 0 Å². The minimum absolute atomic E-state index is 0.130. The Morgan fingerprint density at radius 3 is 2.12 bits per heavy atom. The number of hydrogen-bond acceptors (Lipinski definition) is 5. The summed E-state index contributed by atoms with van der Waals surface area (Å²) < 4.78 is 25.9. The predicted octanol–water partition coefficient (Wildman–Crippen LogP) is -0.543. The van der Waals surface area contributed by atoms with Crippen molar-refractivity contribution in [3.63, 3.8) is 0 Å². The van der Waals surface area contributed by atoms with Crippen molar-refractivity contribution in [2.75, 3.05) is 19.1 Å². The summed E-state index contributed by atoms with van der Waals surface area (Å²) in [7, 11) is -8.99. The molecule has 0 aliphatic rings. The lowest BCUT2D eigenvalue weighted by Gasteiger charge is -2.21. The first-order valence-corrected chi connectivity index (χ1v) is 7.88. The normalized spacial score (nSPS) is 20.1. The van der Waals surface area contributed by atoms with Gasteiger partial charge in [-0.05, 0) is 6.92 Å². The van der Waals surface area contributed by atoms with E-state index in [-0.39, 0.29) is 13.0 Å². The molecule has 2 unspecified atom stereocenters. The summed E-state index contributed by atoms with van der Waals surface area (Å²) in [6.07, 6.45) is -0.130. The van der Waals surface area contributed by atoms with Crippen LogP contribution in [-0.4, -0.2) is 49.6 Å². The first-order chi connectivity index (χ1) is 6.97. The van der Waals surface area contributed by atoms with Gasteiger partial charge in [0, 0.05) is 6.42 Å². The molecule has 5 N–H and O–H groups in total. The largest absolute Gasteiger partial charge is 0.393 e. The zero-order chi connectivity index (χ0) is 13.0. The van der Waals surface area contributed by atoms with Crippen molar-refractivity contribution in [2.45, 2.75) is 18.9 Å². The molecule has 8 nitrogen and oxygen atoms in total. The zero-order valence-electron chi connectivity index (χ0n) is 8.68. The van der Waals surface area contributed by atoms with Gasteiger partial charge in [0.25, 0.3) is 0 Å². The number of aliphatic hydroxyl groups excluding tert-OH is 1. The average molecular weight is 278 g/mol. The molecule has 0 fully saturated rings. The van der Waals surface area contributed by atoms with E-state index in [0.29, 0.717) is 0 Å². The standard InChI is InChI=1S/C6H16O8P2/c1-6(8,4-7)2-3-14-16(12,13)5-15(9,10)11/h7-8H,2-5H2,1H3,(H,12,13)(H2,9,10,11). The molecule has 0 radical (unpaired) electrons. The van der Waals surface area contributed by atoms with Gasteiger partial charge in [-0.3, -0.25) is 9.13 Å². The molecule has 0 aromatic heterocycles. The molecule has 0 heterocycles. The van der Waals surface area contributed by atoms with Gasteiger partial charge >= 0.3 is 15.2 Å². The van der Waals surface area contributed by atoms with E-state index in [1.165, 1.54) is 6.92 Å². The van der Waals surface area contributed by atoms with Crippen LogP contribution in [0.4, 0.5) is 0 Å². The summed E-state index contributed by atoms with van der Waals surface area (Å²) >= 11 is 0. The Kier molecular flexibility index (Phi) is 5.79. The lowest BCUT2D eigenvalue weighted by Crippen LogP contribution is -2.30. The molecule has 98 valence electrons. The van der Waals surface area contributed by atoms with E-state index in [1.807, 2.05) is 0 Å². The first kappa shape index (κ1) is 16.2. The quantitative estimate of drug-likeness (QED) is 0.390. The molecule has 10 heteroatoms. The number of hydrogen-bond donors (Lipinski definition) is 5. The van der Waals surface area contributed by atoms with E-state index < -0.39 is 33.3 Å². The van der Waals surface area contributed by atoms with Crippen molar-refractivity contribution in [1.29, 1.82) is 0 Å². The Bertz CT molecular complexity index is 308. The highest BCUT2D eigenvalue weighted by Crippen LogP contribution is 2.55. The topological polar surface area (TPSA) is 145 Å².